The second kappa shape index (κ2) is 69.1. The molecule has 0 bridgehead atoms. The van der Waals surface area contributed by atoms with Crippen LogP contribution in [-0.2, 0) is 28.6 Å². The topological polar surface area (TPSA) is 78.9 Å². The van der Waals surface area contributed by atoms with Gasteiger partial charge in [0.2, 0.25) is 0 Å². The van der Waals surface area contributed by atoms with Crippen molar-refractivity contribution in [2.45, 2.75) is 361 Å². The minimum Gasteiger partial charge on any atom is -0.462 e. The van der Waals surface area contributed by atoms with E-state index in [-0.39, 0.29) is 31.1 Å². The predicted molar refractivity (Wildman–Crippen MR) is 353 cm³/mol. The standard InChI is InChI=1S/C75H132O6/c1-4-7-10-13-16-19-21-23-25-27-29-31-33-35-36-37-38-40-41-43-45-47-49-51-53-56-59-62-65-68-74(77)80-71-72(70-79-73(76)67-64-61-58-55-18-15-12-9-6-3)81-75(78)69-66-63-60-57-54-52-50-48-46-44-42-39-34-32-30-28-26-24-22-20-17-14-11-8-5-2/h8,11,17,20,24,26-27,29-30,32,39,42,46,48,72H,4-7,9-10,12-16,18-19,21-23,25,28,31,33-38,40-41,43-45,47,49-71H2,1-3H3/b11-8-,20-17-,26-24-,29-27-,32-30-,42-39-,48-46-. The highest BCUT2D eigenvalue weighted by atomic mass is 16.6. The first-order chi connectivity index (χ1) is 40.0. The second-order valence-corrected chi connectivity index (χ2v) is 23.4. The van der Waals surface area contributed by atoms with Crippen molar-refractivity contribution in [3.63, 3.8) is 0 Å². The third-order valence-corrected chi connectivity index (χ3v) is 15.4. The maximum atomic E-state index is 12.9. The van der Waals surface area contributed by atoms with Gasteiger partial charge in [-0.25, -0.2) is 0 Å². The summed E-state index contributed by atoms with van der Waals surface area (Å²) < 4.78 is 16.9. The van der Waals surface area contributed by atoms with Crippen LogP contribution in [0, 0.1) is 0 Å². The van der Waals surface area contributed by atoms with Crippen molar-refractivity contribution in [2.24, 2.45) is 0 Å². The van der Waals surface area contributed by atoms with Gasteiger partial charge in [0, 0.05) is 19.3 Å². The molecule has 0 saturated carbocycles. The SMILES string of the molecule is CC/C=C\C/C=C\C/C=C\C/C=C\C/C=C\C/C=C\CCCCCCCCC(=O)OC(COC(=O)CCCCCCCCCCC)COC(=O)CCCCCCCCCCCCCCCCCCC/C=C\CCCCCCCCCC. The fourth-order valence-corrected chi connectivity index (χ4v) is 10.2. The van der Waals surface area contributed by atoms with Crippen LogP contribution in [0.15, 0.2) is 85.1 Å². The second-order valence-electron chi connectivity index (χ2n) is 23.4. The molecule has 0 heterocycles. The van der Waals surface area contributed by atoms with E-state index < -0.39 is 6.10 Å². The molecule has 6 heteroatoms. The van der Waals surface area contributed by atoms with E-state index in [1.54, 1.807) is 0 Å². The monoisotopic (exact) mass is 1130 g/mol. The van der Waals surface area contributed by atoms with Crippen LogP contribution >= 0.6 is 0 Å². The number of rotatable bonds is 64. The number of esters is 3. The maximum absolute atomic E-state index is 12.9. The number of allylic oxidation sites excluding steroid dienone is 14. The minimum atomic E-state index is -0.783. The Morgan fingerprint density at radius 2 is 0.481 bits per heavy atom. The van der Waals surface area contributed by atoms with Crippen molar-refractivity contribution in [1.29, 1.82) is 0 Å². The zero-order valence-electron chi connectivity index (χ0n) is 53.8. The summed E-state index contributed by atoms with van der Waals surface area (Å²) in [6.45, 7) is 6.54. The Balaban J connectivity index is 4.17. The molecule has 0 amide bonds. The van der Waals surface area contributed by atoms with Crippen molar-refractivity contribution in [3.05, 3.63) is 85.1 Å². The van der Waals surface area contributed by atoms with Crippen molar-refractivity contribution in [3.8, 4) is 0 Å². The quantitative estimate of drug-likeness (QED) is 0.0261. The first kappa shape index (κ1) is 77.6. The number of hydrogen-bond acceptors (Lipinski definition) is 6. The van der Waals surface area contributed by atoms with E-state index in [2.05, 4.69) is 106 Å². The first-order valence-electron chi connectivity index (χ1n) is 35.1. The summed E-state index contributed by atoms with van der Waals surface area (Å²) in [5, 5.41) is 0. The zero-order chi connectivity index (χ0) is 58.5. The van der Waals surface area contributed by atoms with Crippen molar-refractivity contribution in [2.75, 3.05) is 13.2 Å². The molecule has 0 fully saturated rings. The van der Waals surface area contributed by atoms with Gasteiger partial charge >= 0.3 is 17.9 Å². The Bertz CT molecular complexity index is 1530. The molecule has 0 rings (SSSR count). The summed E-state index contributed by atoms with van der Waals surface area (Å²) in [4.78, 5) is 38.3. The lowest BCUT2D eigenvalue weighted by molar-refractivity contribution is -0.167. The normalized spacial score (nSPS) is 12.6. The molecule has 0 aromatic heterocycles. The van der Waals surface area contributed by atoms with Crippen molar-refractivity contribution in [1.82, 2.24) is 0 Å². The largest absolute Gasteiger partial charge is 0.462 e. The average Bonchev–Trinajstić information content (AvgIpc) is 3.47. The summed E-state index contributed by atoms with van der Waals surface area (Å²) >= 11 is 0. The molecule has 0 aromatic carbocycles. The van der Waals surface area contributed by atoms with E-state index in [4.69, 9.17) is 14.2 Å². The van der Waals surface area contributed by atoms with Gasteiger partial charge in [-0.3, -0.25) is 14.4 Å². The Morgan fingerprint density at radius 1 is 0.259 bits per heavy atom. The van der Waals surface area contributed by atoms with E-state index in [1.165, 1.54) is 205 Å². The zero-order valence-corrected chi connectivity index (χ0v) is 53.8. The molecule has 6 nitrogen and oxygen atoms in total. The van der Waals surface area contributed by atoms with Gasteiger partial charge in [-0.1, -0.05) is 324 Å². The molecule has 0 N–H and O–H groups in total. The summed E-state index contributed by atoms with van der Waals surface area (Å²) in [5.74, 6) is -0.880. The van der Waals surface area contributed by atoms with E-state index in [0.717, 1.165) is 109 Å². The van der Waals surface area contributed by atoms with Crippen LogP contribution in [0.5, 0.6) is 0 Å². The molecule has 0 aliphatic carbocycles. The van der Waals surface area contributed by atoms with Crippen molar-refractivity contribution >= 4 is 17.9 Å². The van der Waals surface area contributed by atoms with Crippen LogP contribution < -0.4 is 0 Å². The summed E-state index contributed by atoms with van der Waals surface area (Å²) in [5.41, 5.74) is 0. The van der Waals surface area contributed by atoms with Gasteiger partial charge in [-0.05, 0) is 96.3 Å². The molecule has 0 spiro atoms. The molecule has 0 aliphatic rings. The van der Waals surface area contributed by atoms with E-state index in [1.807, 2.05) is 0 Å². The highest BCUT2D eigenvalue weighted by molar-refractivity contribution is 5.71. The molecule has 0 saturated heterocycles. The Kier molecular flexibility index (Phi) is 66.2. The molecule has 81 heavy (non-hydrogen) atoms. The van der Waals surface area contributed by atoms with Crippen LogP contribution in [0.4, 0.5) is 0 Å². The highest BCUT2D eigenvalue weighted by Crippen LogP contribution is 2.17. The van der Waals surface area contributed by atoms with E-state index in [0.29, 0.717) is 19.3 Å². The van der Waals surface area contributed by atoms with Gasteiger partial charge < -0.3 is 14.2 Å². The van der Waals surface area contributed by atoms with E-state index >= 15 is 0 Å². The van der Waals surface area contributed by atoms with Gasteiger partial charge in [0.25, 0.3) is 0 Å². The summed E-state index contributed by atoms with van der Waals surface area (Å²) in [6.07, 6.45) is 92.0. The number of ether oxygens (including phenoxy) is 3. The number of carbonyl (C=O) groups excluding carboxylic acids is 3. The van der Waals surface area contributed by atoms with Gasteiger partial charge in [0.15, 0.2) is 6.10 Å². The molecular weight excluding hydrogens is 997 g/mol. The van der Waals surface area contributed by atoms with Gasteiger partial charge in [0.05, 0.1) is 0 Å². The number of hydrogen-bond donors (Lipinski definition) is 0. The first-order valence-corrected chi connectivity index (χ1v) is 35.1. The minimum absolute atomic E-state index is 0.0790. The van der Waals surface area contributed by atoms with Crippen molar-refractivity contribution < 1.29 is 28.6 Å². The third-order valence-electron chi connectivity index (χ3n) is 15.4. The molecule has 1 atom stereocenters. The fourth-order valence-electron chi connectivity index (χ4n) is 10.2. The van der Waals surface area contributed by atoms with Crippen LogP contribution in [0.25, 0.3) is 0 Å². The molecule has 0 radical (unpaired) electrons. The Morgan fingerprint density at radius 3 is 0.765 bits per heavy atom. The molecule has 0 aromatic rings. The number of unbranched alkanes of at least 4 members (excludes halogenated alkanes) is 39. The molecule has 468 valence electrons. The smallest absolute Gasteiger partial charge is 0.306 e. The summed E-state index contributed by atoms with van der Waals surface area (Å²) in [7, 11) is 0. The fraction of sp³-hybridized carbons (Fsp3) is 0.773. The Hall–Kier alpha value is -3.41. The molecular formula is C75H132O6. The maximum Gasteiger partial charge on any atom is 0.306 e. The molecule has 0 aliphatic heterocycles. The summed E-state index contributed by atoms with van der Waals surface area (Å²) in [6, 6.07) is 0. The van der Waals surface area contributed by atoms with Gasteiger partial charge in [-0.15, -0.1) is 0 Å². The van der Waals surface area contributed by atoms with Crippen LogP contribution in [0.2, 0.25) is 0 Å². The lowest BCUT2D eigenvalue weighted by Gasteiger charge is -2.18. The average molecular weight is 1130 g/mol. The molecule has 1 unspecified atom stereocenters. The van der Waals surface area contributed by atoms with E-state index in [9.17, 15) is 14.4 Å². The number of carbonyl (C=O) groups is 3. The van der Waals surface area contributed by atoms with Gasteiger partial charge in [-0.2, -0.15) is 0 Å². The van der Waals surface area contributed by atoms with Crippen LogP contribution in [0.3, 0.4) is 0 Å². The van der Waals surface area contributed by atoms with Crippen LogP contribution in [0.1, 0.15) is 355 Å². The Labute approximate surface area is 503 Å². The highest BCUT2D eigenvalue weighted by Gasteiger charge is 2.19. The van der Waals surface area contributed by atoms with Crippen LogP contribution in [-0.4, -0.2) is 37.2 Å². The van der Waals surface area contributed by atoms with Gasteiger partial charge in [0.1, 0.15) is 13.2 Å². The lowest BCUT2D eigenvalue weighted by Crippen LogP contribution is -2.30. The third kappa shape index (κ3) is 67.3. The predicted octanol–water partition coefficient (Wildman–Crippen LogP) is 24.2. The lowest BCUT2D eigenvalue weighted by atomic mass is 10.0.